The minimum absolute atomic E-state index is 0.115. The van der Waals surface area contributed by atoms with Crippen LogP contribution in [0.1, 0.15) is 30.0 Å². The Labute approximate surface area is 136 Å². The SMILES string of the molecule is COc1ccccc1C(c1ccccc1)N1CCCC1C(=O)O. The number of methoxy groups -OCH3 is 1. The van der Waals surface area contributed by atoms with Crippen molar-refractivity contribution in [3.63, 3.8) is 0 Å². The normalized spacial score (nSPS) is 19.4. The summed E-state index contributed by atoms with van der Waals surface area (Å²) < 4.78 is 5.53. The second-order valence-corrected chi connectivity index (χ2v) is 5.79. The molecule has 1 saturated heterocycles. The van der Waals surface area contributed by atoms with Gasteiger partial charge in [0.1, 0.15) is 11.8 Å². The Balaban J connectivity index is 2.09. The summed E-state index contributed by atoms with van der Waals surface area (Å²) in [5.41, 5.74) is 2.10. The summed E-state index contributed by atoms with van der Waals surface area (Å²) in [5, 5.41) is 9.58. The fourth-order valence-corrected chi connectivity index (χ4v) is 3.44. The van der Waals surface area contributed by atoms with Crippen LogP contribution in [-0.2, 0) is 4.79 Å². The summed E-state index contributed by atoms with van der Waals surface area (Å²) in [4.78, 5) is 13.7. The Morgan fingerprint density at radius 1 is 1.17 bits per heavy atom. The highest BCUT2D eigenvalue weighted by Gasteiger charge is 2.37. The molecule has 23 heavy (non-hydrogen) atoms. The van der Waals surface area contributed by atoms with Gasteiger partial charge in [0, 0.05) is 12.1 Å². The number of likely N-dealkylation sites (tertiary alicyclic amines) is 1. The lowest BCUT2D eigenvalue weighted by atomic mass is 9.95. The number of para-hydroxylation sites is 1. The molecular formula is C19H21NO3. The van der Waals surface area contributed by atoms with E-state index >= 15 is 0 Å². The Kier molecular flexibility index (Phi) is 4.63. The van der Waals surface area contributed by atoms with E-state index in [1.54, 1.807) is 7.11 Å². The van der Waals surface area contributed by atoms with E-state index in [9.17, 15) is 9.90 Å². The van der Waals surface area contributed by atoms with Crippen molar-refractivity contribution in [1.82, 2.24) is 4.90 Å². The van der Waals surface area contributed by atoms with E-state index in [4.69, 9.17) is 4.74 Å². The van der Waals surface area contributed by atoms with E-state index in [0.29, 0.717) is 6.42 Å². The summed E-state index contributed by atoms with van der Waals surface area (Å²) in [6.45, 7) is 0.772. The number of hydrogen-bond acceptors (Lipinski definition) is 3. The van der Waals surface area contributed by atoms with Gasteiger partial charge < -0.3 is 9.84 Å². The molecule has 120 valence electrons. The molecule has 1 heterocycles. The molecular weight excluding hydrogens is 290 g/mol. The maximum Gasteiger partial charge on any atom is 0.320 e. The zero-order chi connectivity index (χ0) is 16.2. The average Bonchev–Trinajstić information content (AvgIpc) is 3.06. The van der Waals surface area contributed by atoms with Crippen LogP contribution in [0.5, 0.6) is 5.75 Å². The third-order valence-electron chi connectivity index (χ3n) is 4.46. The molecule has 2 aromatic carbocycles. The van der Waals surface area contributed by atoms with Crippen LogP contribution in [0, 0.1) is 0 Å². The Morgan fingerprint density at radius 2 is 1.87 bits per heavy atom. The molecule has 0 saturated carbocycles. The van der Waals surface area contributed by atoms with Gasteiger partial charge in [-0.2, -0.15) is 0 Å². The molecule has 1 aliphatic heterocycles. The van der Waals surface area contributed by atoms with Crippen LogP contribution in [-0.4, -0.2) is 35.7 Å². The van der Waals surface area contributed by atoms with Crippen molar-refractivity contribution in [2.75, 3.05) is 13.7 Å². The van der Waals surface area contributed by atoms with Gasteiger partial charge in [0.05, 0.1) is 13.2 Å². The molecule has 0 aromatic heterocycles. The first kappa shape index (κ1) is 15.6. The van der Waals surface area contributed by atoms with Crippen molar-refractivity contribution in [2.45, 2.75) is 24.9 Å². The van der Waals surface area contributed by atoms with Gasteiger partial charge >= 0.3 is 5.97 Å². The fourth-order valence-electron chi connectivity index (χ4n) is 3.44. The van der Waals surface area contributed by atoms with Crippen LogP contribution in [0.25, 0.3) is 0 Å². The summed E-state index contributed by atoms with van der Waals surface area (Å²) in [7, 11) is 1.65. The molecule has 0 bridgehead atoms. The highest BCUT2D eigenvalue weighted by atomic mass is 16.5. The first-order chi connectivity index (χ1) is 11.2. The molecule has 0 radical (unpaired) electrons. The van der Waals surface area contributed by atoms with Crippen molar-refractivity contribution in [2.24, 2.45) is 0 Å². The van der Waals surface area contributed by atoms with E-state index in [1.807, 2.05) is 54.6 Å². The van der Waals surface area contributed by atoms with Crippen LogP contribution in [0.15, 0.2) is 54.6 Å². The second kappa shape index (κ2) is 6.84. The zero-order valence-corrected chi connectivity index (χ0v) is 13.2. The molecule has 1 fully saturated rings. The molecule has 3 rings (SSSR count). The maximum absolute atomic E-state index is 11.7. The maximum atomic E-state index is 11.7. The summed E-state index contributed by atoms with van der Waals surface area (Å²) in [5.74, 6) is 0.0377. The lowest BCUT2D eigenvalue weighted by Crippen LogP contribution is -2.39. The predicted molar refractivity (Wildman–Crippen MR) is 88.6 cm³/mol. The third-order valence-corrected chi connectivity index (χ3v) is 4.46. The van der Waals surface area contributed by atoms with Crippen molar-refractivity contribution >= 4 is 5.97 Å². The van der Waals surface area contributed by atoms with Gasteiger partial charge in [-0.15, -0.1) is 0 Å². The molecule has 0 spiro atoms. The Hall–Kier alpha value is -2.33. The molecule has 2 unspecified atom stereocenters. The number of hydrogen-bond donors (Lipinski definition) is 1. The molecule has 1 aliphatic rings. The number of aliphatic carboxylic acids is 1. The van der Waals surface area contributed by atoms with Crippen LogP contribution in [0.2, 0.25) is 0 Å². The number of carbonyl (C=O) groups is 1. The molecule has 4 nitrogen and oxygen atoms in total. The van der Waals surface area contributed by atoms with E-state index < -0.39 is 12.0 Å². The van der Waals surface area contributed by atoms with E-state index in [-0.39, 0.29) is 6.04 Å². The first-order valence-corrected chi connectivity index (χ1v) is 7.89. The molecule has 1 N–H and O–H groups in total. The van der Waals surface area contributed by atoms with Crippen molar-refractivity contribution < 1.29 is 14.6 Å². The molecule has 2 atom stereocenters. The lowest BCUT2D eigenvalue weighted by Gasteiger charge is -2.32. The average molecular weight is 311 g/mol. The topological polar surface area (TPSA) is 49.8 Å². The predicted octanol–water partition coefficient (Wildman–Crippen LogP) is 3.33. The van der Waals surface area contributed by atoms with E-state index in [0.717, 1.165) is 29.8 Å². The van der Waals surface area contributed by atoms with Gasteiger partial charge in [-0.1, -0.05) is 48.5 Å². The number of carboxylic acid groups (broad SMARTS) is 1. The minimum atomic E-state index is -0.752. The number of ether oxygens (including phenoxy) is 1. The van der Waals surface area contributed by atoms with Gasteiger partial charge in [0.2, 0.25) is 0 Å². The van der Waals surface area contributed by atoms with Crippen molar-refractivity contribution in [3.8, 4) is 5.75 Å². The Bertz CT molecular complexity index is 671. The van der Waals surface area contributed by atoms with Gasteiger partial charge in [-0.25, -0.2) is 0 Å². The lowest BCUT2D eigenvalue weighted by molar-refractivity contribution is -0.142. The standard InChI is InChI=1S/C19H21NO3/c1-23-17-12-6-5-10-15(17)18(14-8-3-2-4-9-14)20-13-7-11-16(20)19(21)22/h2-6,8-10,12,16,18H,7,11,13H2,1H3,(H,21,22). The van der Waals surface area contributed by atoms with Gasteiger partial charge in [0.25, 0.3) is 0 Å². The van der Waals surface area contributed by atoms with Crippen molar-refractivity contribution in [3.05, 3.63) is 65.7 Å². The smallest absolute Gasteiger partial charge is 0.320 e. The first-order valence-electron chi connectivity index (χ1n) is 7.89. The number of benzene rings is 2. The quantitative estimate of drug-likeness (QED) is 0.920. The third kappa shape index (κ3) is 3.08. The summed E-state index contributed by atoms with van der Waals surface area (Å²) in [6, 6.07) is 17.3. The van der Waals surface area contributed by atoms with Crippen LogP contribution in [0.3, 0.4) is 0 Å². The number of nitrogens with zero attached hydrogens (tertiary/aromatic N) is 1. The van der Waals surface area contributed by atoms with Crippen LogP contribution < -0.4 is 4.74 Å². The van der Waals surface area contributed by atoms with E-state index in [1.165, 1.54) is 0 Å². The molecule has 2 aromatic rings. The van der Waals surface area contributed by atoms with Gasteiger partial charge in [-0.05, 0) is 24.5 Å². The fraction of sp³-hybridized carbons (Fsp3) is 0.316. The van der Waals surface area contributed by atoms with Crippen molar-refractivity contribution in [1.29, 1.82) is 0 Å². The highest BCUT2D eigenvalue weighted by molar-refractivity contribution is 5.74. The van der Waals surface area contributed by atoms with Gasteiger partial charge in [-0.3, -0.25) is 9.69 Å². The highest BCUT2D eigenvalue weighted by Crippen LogP contribution is 2.38. The number of carboxylic acids is 1. The van der Waals surface area contributed by atoms with E-state index in [2.05, 4.69) is 4.90 Å². The van der Waals surface area contributed by atoms with Gasteiger partial charge in [0.15, 0.2) is 0 Å². The molecule has 0 amide bonds. The zero-order valence-electron chi connectivity index (χ0n) is 13.2. The van der Waals surface area contributed by atoms with Crippen LogP contribution in [0.4, 0.5) is 0 Å². The monoisotopic (exact) mass is 311 g/mol. The minimum Gasteiger partial charge on any atom is -0.496 e. The summed E-state index contributed by atoms with van der Waals surface area (Å²) >= 11 is 0. The Morgan fingerprint density at radius 3 is 2.57 bits per heavy atom. The molecule has 4 heteroatoms. The number of rotatable bonds is 5. The second-order valence-electron chi connectivity index (χ2n) is 5.79. The largest absolute Gasteiger partial charge is 0.496 e. The summed E-state index contributed by atoms with van der Waals surface area (Å²) in [6.07, 6.45) is 1.59. The van der Waals surface area contributed by atoms with Crippen LogP contribution >= 0.6 is 0 Å². The molecule has 0 aliphatic carbocycles.